The zero-order valence-electron chi connectivity index (χ0n) is 18.1. The standard InChI is InChI=1S/C25H24BrN5O2/c1-2-3-11-24(33)28-15-18-8-6-7-17(12-18)14-27-23-13-21(19-9-4-5-10-22(19)32)30-25-20(26)16-29-31(23)25/h3-13,16,27,32H,2,14-15H2,1H3,(H,28,33)/b11-3-. The maximum absolute atomic E-state index is 11.8. The van der Waals surface area contributed by atoms with Crippen LogP contribution < -0.4 is 10.6 Å². The van der Waals surface area contributed by atoms with Crippen molar-refractivity contribution in [1.29, 1.82) is 0 Å². The van der Waals surface area contributed by atoms with Crippen molar-refractivity contribution < 1.29 is 9.90 Å². The van der Waals surface area contributed by atoms with Gasteiger partial charge in [-0.25, -0.2) is 4.98 Å². The van der Waals surface area contributed by atoms with Crippen LogP contribution in [0.5, 0.6) is 5.75 Å². The molecule has 0 bridgehead atoms. The number of amides is 1. The number of halogens is 1. The van der Waals surface area contributed by atoms with E-state index in [1.165, 1.54) is 0 Å². The van der Waals surface area contributed by atoms with Gasteiger partial charge in [0.1, 0.15) is 11.6 Å². The Balaban J connectivity index is 1.54. The van der Waals surface area contributed by atoms with Crippen LogP contribution in [0.1, 0.15) is 24.5 Å². The Morgan fingerprint density at radius 1 is 1.12 bits per heavy atom. The average Bonchev–Trinajstić information content (AvgIpc) is 3.21. The number of hydrogen-bond acceptors (Lipinski definition) is 5. The maximum atomic E-state index is 11.8. The highest BCUT2D eigenvalue weighted by Crippen LogP contribution is 2.31. The highest BCUT2D eigenvalue weighted by Gasteiger charge is 2.13. The van der Waals surface area contributed by atoms with Gasteiger partial charge in [0.2, 0.25) is 5.91 Å². The molecule has 0 spiro atoms. The molecule has 0 saturated carbocycles. The zero-order valence-corrected chi connectivity index (χ0v) is 19.7. The van der Waals surface area contributed by atoms with Crippen molar-refractivity contribution >= 4 is 33.3 Å². The molecule has 0 aliphatic carbocycles. The van der Waals surface area contributed by atoms with Crippen molar-refractivity contribution in [2.45, 2.75) is 26.4 Å². The lowest BCUT2D eigenvalue weighted by Crippen LogP contribution is -2.20. The monoisotopic (exact) mass is 505 g/mol. The largest absolute Gasteiger partial charge is 0.507 e. The second-order valence-electron chi connectivity index (χ2n) is 7.47. The molecule has 2 aromatic carbocycles. The van der Waals surface area contributed by atoms with Crippen molar-refractivity contribution in [3.05, 3.63) is 88.5 Å². The van der Waals surface area contributed by atoms with Crippen molar-refractivity contribution in [3.63, 3.8) is 0 Å². The number of fused-ring (bicyclic) bond motifs is 1. The first kappa shape index (κ1) is 22.5. The molecule has 7 nitrogen and oxygen atoms in total. The molecule has 0 aliphatic rings. The molecule has 2 aromatic heterocycles. The summed E-state index contributed by atoms with van der Waals surface area (Å²) in [5, 5.41) is 21.0. The minimum absolute atomic E-state index is 0.0968. The van der Waals surface area contributed by atoms with Gasteiger partial charge in [0.25, 0.3) is 0 Å². The summed E-state index contributed by atoms with van der Waals surface area (Å²) < 4.78 is 2.48. The van der Waals surface area contributed by atoms with E-state index in [9.17, 15) is 9.90 Å². The van der Waals surface area contributed by atoms with Crippen LogP contribution in [0, 0.1) is 0 Å². The average molecular weight is 506 g/mol. The van der Waals surface area contributed by atoms with Gasteiger partial charge in [0.15, 0.2) is 5.65 Å². The van der Waals surface area contributed by atoms with Crippen LogP contribution in [0.3, 0.4) is 0 Å². The molecule has 8 heteroatoms. The molecule has 0 saturated heterocycles. The predicted molar refractivity (Wildman–Crippen MR) is 133 cm³/mol. The van der Waals surface area contributed by atoms with Gasteiger partial charge in [-0.05, 0) is 51.7 Å². The van der Waals surface area contributed by atoms with E-state index in [4.69, 9.17) is 0 Å². The number of aromatic hydroxyl groups is 1. The molecular weight excluding hydrogens is 482 g/mol. The molecule has 0 radical (unpaired) electrons. The number of hydrogen-bond donors (Lipinski definition) is 3. The van der Waals surface area contributed by atoms with Crippen molar-refractivity contribution in [3.8, 4) is 17.0 Å². The first-order chi connectivity index (χ1) is 16.0. The number of rotatable bonds is 8. The Bertz CT molecular complexity index is 1320. The molecule has 0 atom stereocenters. The Labute approximate surface area is 200 Å². The summed E-state index contributed by atoms with van der Waals surface area (Å²) in [6.07, 6.45) is 5.92. The number of anilines is 1. The topological polar surface area (TPSA) is 91.5 Å². The molecular formula is C25H24BrN5O2. The number of allylic oxidation sites excluding steroid dienone is 1. The smallest absolute Gasteiger partial charge is 0.243 e. The normalized spacial score (nSPS) is 11.2. The summed E-state index contributed by atoms with van der Waals surface area (Å²) in [6, 6.07) is 17.0. The molecule has 168 valence electrons. The number of para-hydroxylation sites is 1. The minimum atomic E-state index is -0.0968. The number of phenolic OH excluding ortho intramolecular Hbond substituents is 1. The molecule has 1 amide bonds. The number of carbonyl (C=O) groups is 1. The van der Waals surface area contributed by atoms with Gasteiger partial charge in [-0.2, -0.15) is 9.61 Å². The lowest BCUT2D eigenvalue weighted by molar-refractivity contribution is -0.116. The molecule has 33 heavy (non-hydrogen) atoms. The van der Waals surface area contributed by atoms with Gasteiger partial charge in [-0.3, -0.25) is 4.79 Å². The quantitative estimate of drug-likeness (QED) is 0.291. The lowest BCUT2D eigenvalue weighted by atomic mass is 10.1. The van der Waals surface area contributed by atoms with E-state index in [1.54, 1.807) is 28.9 Å². The van der Waals surface area contributed by atoms with Gasteiger partial charge < -0.3 is 15.7 Å². The summed E-state index contributed by atoms with van der Waals surface area (Å²) in [6.45, 7) is 3.00. The van der Waals surface area contributed by atoms with Gasteiger partial charge in [-0.1, -0.05) is 49.4 Å². The lowest BCUT2D eigenvalue weighted by Gasteiger charge is -2.12. The fraction of sp³-hybridized carbons (Fsp3) is 0.160. The van der Waals surface area contributed by atoms with Crippen molar-refractivity contribution in [1.82, 2.24) is 19.9 Å². The summed E-state index contributed by atoms with van der Waals surface area (Å²) >= 11 is 3.50. The number of carbonyl (C=O) groups excluding carboxylic acids is 1. The second kappa shape index (κ2) is 10.3. The van der Waals surface area contributed by atoms with Gasteiger partial charge in [0, 0.05) is 24.7 Å². The van der Waals surface area contributed by atoms with E-state index < -0.39 is 0 Å². The molecule has 0 unspecified atom stereocenters. The summed E-state index contributed by atoms with van der Waals surface area (Å²) in [7, 11) is 0. The van der Waals surface area contributed by atoms with Gasteiger partial charge in [-0.15, -0.1) is 0 Å². The van der Waals surface area contributed by atoms with Crippen molar-refractivity contribution in [2.75, 3.05) is 5.32 Å². The van der Waals surface area contributed by atoms with E-state index in [0.29, 0.717) is 30.0 Å². The van der Waals surface area contributed by atoms with Crippen LogP contribution in [-0.4, -0.2) is 25.6 Å². The van der Waals surface area contributed by atoms with Crippen LogP contribution in [-0.2, 0) is 17.9 Å². The number of nitrogens with one attached hydrogen (secondary N) is 2. The van der Waals surface area contributed by atoms with E-state index in [-0.39, 0.29) is 11.7 Å². The molecule has 0 aliphatic heterocycles. The highest BCUT2D eigenvalue weighted by molar-refractivity contribution is 9.10. The first-order valence-corrected chi connectivity index (χ1v) is 11.4. The van der Waals surface area contributed by atoms with E-state index in [2.05, 4.69) is 42.7 Å². The third-order valence-electron chi connectivity index (χ3n) is 5.05. The molecule has 4 rings (SSSR count). The highest BCUT2D eigenvalue weighted by atomic mass is 79.9. The Morgan fingerprint density at radius 3 is 2.70 bits per heavy atom. The number of nitrogens with zero attached hydrogens (tertiary/aromatic N) is 3. The number of benzene rings is 2. The summed E-state index contributed by atoms with van der Waals surface area (Å²) in [5.74, 6) is 0.812. The SMILES string of the molecule is CC/C=C\C(=O)NCc1cccc(CNc2cc(-c3ccccc3O)nc3c(Br)cnn23)c1. The van der Waals surface area contributed by atoms with E-state index in [1.807, 2.05) is 49.4 Å². The van der Waals surface area contributed by atoms with E-state index in [0.717, 1.165) is 27.8 Å². The Morgan fingerprint density at radius 2 is 1.91 bits per heavy atom. The fourth-order valence-corrected chi connectivity index (χ4v) is 3.75. The summed E-state index contributed by atoms with van der Waals surface area (Å²) in [5.41, 5.74) is 4.01. The molecule has 2 heterocycles. The second-order valence-corrected chi connectivity index (χ2v) is 8.33. The van der Waals surface area contributed by atoms with Crippen LogP contribution in [0.25, 0.3) is 16.9 Å². The third-order valence-corrected chi connectivity index (χ3v) is 5.60. The molecule has 0 fully saturated rings. The van der Waals surface area contributed by atoms with Crippen LogP contribution in [0.2, 0.25) is 0 Å². The zero-order chi connectivity index (χ0) is 23.2. The first-order valence-electron chi connectivity index (χ1n) is 10.6. The molecule has 3 N–H and O–H groups in total. The van der Waals surface area contributed by atoms with E-state index >= 15 is 0 Å². The van der Waals surface area contributed by atoms with Gasteiger partial charge >= 0.3 is 0 Å². The van der Waals surface area contributed by atoms with Crippen LogP contribution in [0.4, 0.5) is 5.82 Å². The molecule has 4 aromatic rings. The van der Waals surface area contributed by atoms with Crippen LogP contribution in [0.15, 0.2) is 77.4 Å². The van der Waals surface area contributed by atoms with Crippen molar-refractivity contribution in [2.24, 2.45) is 0 Å². The Hall–Kier alpha value is -3.65. The predicted octanol–water partition coefficient (Wildman–Crippen LogP) is 5.06. The summed E-state index contributed by atoms with van der Waals surface area (Å²) in [4.78, 5) is 16.5. The third kappa shape index (κ3) is 5.40. The fourth-order valence-electron chi connectivity index (χ4n) is 3.41. The Kier molecular flexibility index (Phi) is 7.04. The number of phenols is 1. The van der Waals surface area contributed by atoms with Gasteiger partial charge in [0.05, 0.1) is 16.4 Å². The number of aromatic nitrogens is 3. The maximum Gasteiger partial charge on any atom is 0.243 e. The minimum Gasteiger partial charge on any atom is -0.507 e. The van der Waals surface area contributed by atoms with Crippen LogP contribution >= 0.6 is 15.9 Å².